The first-order valence-corrected chi connectivity index (χ1v) is 8.94. The lowest BCUT2D eigenvalue weighted by Gasteiger charge is -2.07. The molecule has 27 heavy (non-hydrogen) atoms. The molecule has 2 aromatic carbocycles. The largest absolute Gasteiger partial charge is 0.311 e. The lowest BCUT2D eigenvalue weighted by atomic mass is 10.0. The van der Waals surface area contributed by atoms with Crippen LogP contribution < -0.4 is 5.32 Å². The Bertz CT molecular complexity index is 1080. The number of fused-ring (bicyclic) bond motifs is 1. The van der Waals surface area contributed by atoms with Gasteiger partial charge in [-0.05, 0) is 41.8 Å². The van der Waals surface area contributed by atoms with Gasteiger partial charge < -0.3 is 5.32 Å². The van der Waals surface area contributed by atoms with E-state index in [1.54, 1.807) is 12.4 Å². The van der Waals surface area contributed by atoms with E-state index in [1.165, 1.54) is 16.3 Å². The molecule has 1 amide bonds. The van der Waals surface area contributed by atoms with Crippen LogP contribution in [0.4, 0.5) is 5.82 Å². The van der Waals surface area contributed by atoms with Gasteiger partial charge in [-0.3, -0.25) is 14.9 Å². The Balaban J connectivity index is 1.45. The number of anilines is 1. The van der Waals surface area contributed by atoms with Crippen LogP contribution in [-0.2, 0) is 11.2 Å². The van der Waals surface area contributed by atoms with Crippen molar-refractivity contribution in [2.24, 2.45) is 0 Å². The molecule has 4 aromatic rings. The van der Waals surface area contributed by atoms with Crippen molar-refractivity contribution in [3.8, 4) is 11.3 Å². The van der Waals surface area contributed by atoms with Gasteiger partial charge in [-0.1, -0.05) is 42.5 Å². The quantitative estimate of drug-likeness (QED) is 0.553. The number of aromatic nitrogens is 3. The van der Waals surface area contributed by atoms with Crippen molar-refractivity contribution in [1.29, 1.82) is 0 Å². The van der Waals surface area contributed by atoms with Gasteiger partial charge in [0.2, 0.25) is 5.91 Å². The maximum absolute atomic E-state index is 12.5. The second-order valence-electron chi connectivity index (χ2n) is 6.49. The fourth-order valence-corrected chi connectivity index (χ4v) is 3.27. The number of nitrogens with zero attached hydrogens (tertiary/aromatic N) is 2. The molecule has 5 heteroatoms. The topological polar surface area (TPSA) is 70.7 Å². The molecule has 0 radical (unpaired) electrons. The van der Waals surface area contributed by atoms with Gasteiger partial charge in [0.1, 0.15) is 5.82 Å². The van der Waals surface area contributed by atoms with Gasteiger partial charge in [0, 0.05) is 29.9 Å². The number of hydrogen-bond donors (Lipinski definition) is 2. The van der Waals surface area contributed by atoms with Crippen LogP contribution in [0.2, 0.25) is 0 Å². The molecule has 0 unspecified atom stereocenters. The number of carbonyl (C=O) groups excluding carboxylic acids is 1. The van der Waals surface area contributed by atoms with Gasteiger partial charge in [-0.15, -0.1) is 0 Å². The van der Waals surface area contributed by atoms with Crippen molar-refractivity contribution in [3.63, 3.8) is 0 Å². The van der Waals surface area contributed by atoms with E-state index in [9.17, 15) is 4.79 Å². The number of hydrogen-bond acceptors (Lipinski definition) is 3. The number of amides is 1. The third-order valence-corrected chi connectivity index (χ3v) is 4.73. The van der Waals surface area contributed by atoms with E-state index in [0.29, 0.717) is 18.7 Å². The molecule has 0 aliphatic carbocycles. The number of benzene rings is 2. The summed E-state index contributed by atoms with van der Waals surface area (Å²) in [6.45, 7) is 1.94. The monoisotopic (exact) mass is 356 g/mol. The molecular weight excluding hydrogens is 336 g/mol. The maximum atomic E-state index is 12.5. The number of H-pyrrole nitrogens is 1. The molecule has 5 nitrogen and oxygen atoms in total. The van der Waals surface area contributed by atoms with Gasteiger partial charge in [-0.2, -0.15) is 5.10 Å². The van der Waals surface area contributed by atoms with Crippen LogP contribution in [0.1, 0.15) is 17.5 Å². The molecule has 0 saturated heterocycles. The molecule has 2 N–H and O–H groups in total. The third kappa shape index (κ3) is 3.58. The average Bonchev–Trinajstić information content (AvgIpc) is 3.07. The van der Waals surface area contributed by atoms with Crippen LogP contribution in [0.3, 0.4) is 0 Å². The average molecular weight is 356 g/mol. The normalized spacial score (nSPS) is 10.9. The molecule has 0 bridgehead atoms. The highest BCUT2D eigenvalue weighted by molar-refractivity contribution is 5.92. The molecule has 134 valence electrons. The van der Waals surface area contributed by atoms with E-state index in [2.05, 4.69) is 44.8 Å². The Labute approximate surface area is 157 Å². The summed E-state index contributed by atoms with van der Waals surface area (Å²) >= 11 is 0. The lowest BCUT2D eigenvalue weighted by Crippen LogP contribution is -2.13. The van der Waals surface area contributed by atoms with E-state index >= 15 is 0 Å². The Morgan fingerprint density at radius 3 is 2.67 bits per heavy atom. The van der Waals surface area contributed by atoms with Gasteiger partial charge >= 0.3 is 0 Å². The van der Waals surface area contributed by atoms with Crippen molar-refractivity contribution in [1.82, 2.24) is 15.2 Å². The number of carbonyl (C=O) groups is 1. The van der Waals surface area contributed by atoms with Crippen LogP contribution >= 0.6 is 0 Å². The summed E-state index contributed by atoms with van der Waals surface area (Å²) in [6, 6.07) is 18.3. The van der Waals surface area contributed by atoms with Crippen molar-refractivity contribution in [2.45, 2.75) is 19.8 Å². The molecule has 2 aromatic heterocycles. The van der Waals surface area contributed by atoms with Gasteiger partial charge in [0.05, 0.1) is 5.69 Å². The van der Waals surface area contributed by atoms with Gasteiger partial charge in [-0.25, -0.2) is 0 Å². The first kappa shape index (κ1) is 17.0. The zero-order valence-corrected chi connectivity index (χ0v) is 15.1. The highest BCUT2D eigenvalue weighted by Crippen LogP contribution is 2.25. The standard InChI is InChI=1S/C22H20N4O/c1-15-21(18-11-13-23-14-12-18)25-26-22(15)24-20(27)10-9-17-7-4-6-16-5-2-3-8-19(16)17/h2-8,11-14H,9-10H2,1H3,(H2,24,25,26,27). The number of pyridine rings is 1. The molecule has 0 atom stereocenters. The molecule has 2 heterocycles. The van der Waals surface area contributed by atoms with Crippen LogP contribution in [0.5, 0.6) is 0 Å². The number of nitrogens with one attached hydrogen (secondary N) is 2. The molecule has 0 aliphatic rings. The lowest BCUT2D eigenvalue weighted by molar-refractivity contribution is -0.116. The van der Waals surface area contributed by atoms with E-state index in [1.807, 2.05) is 37.3 Å². The van der Waals surface area contributed by atoms with Crippen molar-refractivity contribution < 1.29 is 4.79 Å². The third-order valence-electron chi connectivity index (χ3n) is 4.73. The zero-order valence-electron chi connectivity index (χ0n) is 15.1. The second kappa shape index (κ2) is 7.41. The minimum absolute atomic E-state index is 0.0315. The molecule has 0 fully saturated rings. The summed E-state index contributed by atoms with van der Waals surface area (Å²) in [5, 5.41) is 12.6. The van der Waals surface area contributed by atoms with Crippen molar-refractivity contribution in [3.05, 3.63) is 78.1 Å². The zero-order chi connectivity index (χ0) is 18.6. The SMILES string of the molecule is Cc1c(-c2ccncc2)n[nH]c1NC(=O)CCc1cccc2ccccc12. The van der Waals surface area contributed by atoms with Crippen LogP contribution in [0.25, 0.3) is 22.0 Å². The maximum Gasteiger partial charge on any atom is 0.225 e. The Hall–Kier alpha value is -3.47. The minimum atomic E-state index is -0.0315. The highest BCUT2D eigenvalue weighted by atomic mass is 16.1. The van der Waals surface area contributed by atoms with E-state index in [0.717, 1.165) is 16.8 Å². The van der Waals surface area contributed by atoms with Crippen molar-refractivity contribution >= 4 is 22.5 Å². The van der Waals surface area contributed by atoms with Gasteiger partial charge in [0.25, 0.3) is 0 Å². The summed E-state index contributed by atoms with van der Waals surface area (Å²) in [4.78, 5) is 16.5. The van der Waals surface area contributed by atoms with E-state index < -0.39 is 0 Å². The van der Waals surface area contributed by atoms with Gasteiger partial charge in [0.15, 0.2) is 0 Å². The predicted octanol–water partition coefficient (Wildman–Crippen LogP) is 4.50. The first-order valence-electron chi connectivity index (χ1n) is 8.94. The number of rotatable bonds is 5. The second-order valence-corrected chi connectivity index (χ2v) is 6.49. The summed E-state index contributed by atoms with van der Waals surface area (Å²) in [5.74, 6) is 0.612. The summed E-state index contributed by atoms with van der Waals surface area (Å²) in [6.07, 6.45) is 4.56. The fourth-order valence-electron chi connectivity index (χ4n) is 3.27. The van der Waals surface area contributed by atoms with Crippen LogP contribution in [-0.4, -0.2) is 21.1 Å². The Kier molecular flexibility index (Phi) is 4.66. The first-order chi connectivity index (χ1) is 13.2. The highest BCUT2D eigenvalue weighted by Gasteiger charge is 2.13. The fraction of sp³-hybridized carbons (Fsp3) is 0.136. The minimum Gasteiger partial charge on any atom is -0.311 e. The summed E-state index contributed by atoms with van der Waals surface area (Å²) in [5.41, 5.74) is 3.89. The van der Waals surface area contributed by atoms with Crippen molar-refractivity contribution in [2.75, 3.05) is 5.32 Å². The molecule has 0 spiro atoms. The smallest absolute Gasteiger partial charge is 0.225 e. The number of aromatic amines is 1. The summed E-state index contributed by atoms with van der Waals surface area (Å²) in [7, 11) is 0. The number of aryl methyl sites for hydroxylation is 1. The van der Waals surface area contributed by atoms with E-state index in [-0.39, 0.29) is 5.91 Å². The molecule has 4 rings (SSSR count). The predicted molar refractivity (Wildman–Crippen MR) is 107 cm³/mol. The Morgan fingerprint density at radius 1 is 1.04 bits per heavy atom. The van der Waals surface area contributed by atoms with E-state index in [4.69, 9.17) is 0 Å². The summed E-state index contributed by atoms with van der Waals surface area (Å²) < 4.78 is 0. The van der Waals surface area contributed by atoms with Crippen LogP contribution in [0.15, 0.2) is 67.0 Å². The Morgan fingerprint density at radius 2 is 1.81 bits per heavy atom. The molecular formula is C22H20N4O. The van der Waals surface area contributed by atoms with Crippen LogP contribution in [0, 0.1) is 6.92 Å². The molecule has 0 saturated carbocycles. The molecule has 0 aliphatic heterocycles.